The first-order valence-corrected chi connectivity index (χ1v) is 10.6. The van der Waals surface area contributed by atoms with Gasteiger partial charge < -0.3 is 4.90 Å². The van der Waals surface area contributed by atoms with Crippen LogP contribution in [-0.2, 0) is 11.3 Å². The quantitative estimate of drug-likeness (QED) is 0.667. The van der Waals surface area contributed by atoms with Crippen LogP contribution in [0.4, 0.5) is 0 Å². The number of fused-ring (bicyclic) bond motifs is 1. The number of nitrogens with zero attached hydrogens (tertiary/aromatic N) is 3. The van der Waals surface area contributed by atoms with Gasteiger partial charge in [-0.3, -0.25) is 14.2 Å². The lowest BCUT2D eigenvalue weighted by atomic mass is 9.97. The fraction of sp³-hybridized carbons (Fsp3) is 0.409. The van der Waals surface area contributed by atoms with Gasteiger partial charge >= 0.3 is 0 Å². The molecular weight excluding hydrogens is 370 g/mol. The summed E-state index contributed by atoms with van der Waals surface area (Å²) in [6.45, 7) is 6.19. The van der Waals surface area contributed by atoms with Crippen LogP contribution < -0.4 is 5.56 Å². The van der Waals surface area contributed by atoms with Crippen molar-refractivity contribution in [2.75, 3.05) is 0 Å². The minimum atomic E-state index is -0.133. The molecule has 2 atom stereocenters. The average Bonchev–Trinajstić information content (AvgIpc) is 3.02. The smallest absolute Gasteiger partial charge is 0.262 e. The number of hydrogen-bond acceptors (Lipinski definition) is 4. The largest absolute Gasteiger partial charge is 0.336 e. The van der Waals surface area contributed by atoms with Gasteiger partial charge in [0.15, 0.2) is 0 Å². The van der Waals surface area contributed by atoms with Crippen LogP contribution in [0.3, 0.4) is 0 Å². The van der Waals surface area contributed by atoms with E-state index in [2.05, 4.69) is 18.8 Å². The van der Waals surface area contributed by atoms with Crippen molar-refractivity contribution in [3.63, 3.8) is 0 Å². The van der Waals surface area contributed by atoms with E-state index in [1.807, 2.05) is 42.2 Å². The Labute approximate surface area is 168 Å². The summed E-state index contributed by atoms with van der Waals surface area (Å²) in [5.41, 5.74) is 1.89. The summed E-state index contributed by atoms with van der Waals surface area (Å²) < 4.78 is 1.47. The van der Waals surface area contributed by atoms with Crippen LogP contribution in [0.2, 0.25) is 0 Å². The molecule has 0 spiro atoms. The maximum Gasteiger partial charge on any atom is 0.262 e. The summed E-state index contributed by atoms with van der Waals surface area (Å²) in [5, 5.41) is 0.624. The molecule has 0 saturated carbocycles. The maximum absolute atomic E-state index is 13.1. The van der Waals surface area contributed by atoms with Crippen LogP contribution in [0.5, 0.6) is 0 Å². The number of aryl methyl sites for hydroxylation is 1. The van der Waals surface area contributed by atoms with Gasteiger partial charge in [0.05, 0.1) is 11.7 Å². The van der Waals surface area contributed by atoms with Gasteiger partial charge in [-0.1, -0.05) is 30.3 Å². The first-order chi connectivity index (χ1) is 13.5. The molecule has 6 heteroatoms. The van der Waals surface area contributed by atoms with E-state index in [-0.39, 0.29) is 30.1 Å². The second-order valence-electron chi connectivity index (χ2n) is 7.71. The Kier molecular flexibility index (Phi) is 5.06. The summed E-state index contributed by atoms with van der Waals surface area (Å²) in [4.78, 5) is 34.3. The van der Waals surface area contributed by atoms with Gasteiger partial charge in [-0.2, -0.15) is 0 Å². The number of amides is 1. The van der Waals surface area contributed by atoms with Crippen LogP contribution in [-0.4, -0.2) is 32.4 Å². The molecule has 1 amide bonds. The van der Waals surface area contributed by atoms with E-state index in [0.29, 0.717) is 5.39 Å². The molecular formula is C22H25N3O2S. The third-order valence-corrected chi connectivity index (χ3v) is 6.99. The monoisotopic (exact) mass is 395 g/mol. The Morgan fingerprint density at radius 3 is 2.54 bits per heavy atom. The number of thiophene rings is 1. The summed E-state index contributed by atoms with van der Waals surface area (Å²) in [5.74, 6) is -0.000819. The van der Waals surface area contributed by atoms with Crippen molar-refractivity contribution in [1.29, 1.82) is 0 Å². The van der Waals surface area contributed by atoms with Crippen molar-refractivity contribution in [2.45, 2.75) is 58.7 Å². The van der Waals surface area contributed by atoms with E-state index >= 15 is 0 Å². The summed E-state index contributed by atoms with van der Waals surface area (Å²) in [6, 6.07) is 10.5. The van der Waals surface area contributed by atoms with E-state index in [1.54, 1.807) is 0 Å². The molecule has 5 nitrogen and oxygen atoms in total. The molecule has 1 aromatic carbocycles. The number of rotatable bonds is 3. The summed E-state index contributed by atoms with van der Waals surface area (Å²) in [7, 11) is 0. The number of aromatic nitrogens is 2. The number of carbonyl (C=O) groups is 1. The second kappa shape index (κ2) is 7.51. The molecule has 1 fully saturated rings. The van der Waals surface area contributed by atoms with Crippen molar-refractivity contribution in [3.05, 3.63) is 52.6 Å². The highest BCUT2D eigenvalue weighted by atomic mass is 32.1. The molecule has 4 rings (SSSR count). The lowest BCUT2D eigenvalue weighted by molar-refractivity contribution is -0.138. The van der Waals surface area contributed by atoms with Crippen LogP contribution in [0.25, 0.3) is 20.7 Å². The molecule has 1 saturated heterocycles. The molecule has 0 bridgehead atoms. The van der Waals surface area contributed by atoms with Crippen LogP contribution in [0.15, 0.2) is 41.5 Å². The third-order valence-electron chi connectivity index (χ3n) is 5.74. The van der Waals surface area contributed by atoms with Gasteiger partial charge in [0.1, 0.15) is 11.4 Å². The van der Waals surface area contributed by atoms with Gasteiger partial charge in [0.25, 0.3) is 5.56 Å². The van der Waals surface area contributed by atoms with E-state index < -0.39 is 0 Å². The normalized spacial score (nSPS) is 19.9. The molecule has 0 aliphatic carbocycles. The third kappa shape index (κ3) is 3.26. The fourth-order valence-corrected chi connectivity index (χ4v) is 5.42. The molecule has 1 aliphatic heterocycles. The lowest BCUT2D eigenvalue weighted by Gasteiger charge is -2.39. The molecule has 0 unspecified atom stereocenters. The molecule has 0 N–H and O–H groups in total. The predicted octanol–water partition coefficient (Wildman–Crippen LogP) is 4.22. The van der Waals surface area contributed by atoms with Crippen LogP contribution in [0.1, 0.15) is 38.7 Å². The van der Waals surface area contributed by atoms with E-state index in [9.17, 15) is 9.59 Å². The highest BCUT2D eigenvalue weighted by Crippen LogP contribution is 2.35. The molecule has 0 radical (unpaired) electrons. The van der Waals surface area contributed by atoms with E-state index in [1.165, 1.54) is 22.2 Å². The van der Waals surface area contributed by atoms with Crippen molar-refractivity contribution in [3.8, 4) is 10.4 Å². The van der Waals surface area contributed by atoms with Gasteiger partial charge in [0, 0.05) is 17.0 Å². The fourth-order valence-electron chi connectivity index (χ4n) is 4.28. The molecule has 146 valence electrons. The Morgan fingerprint density at radius 1 is 1.18 bits per heavy atom. The first kappa shape index (κ1) is 18.9. The van der Waals surface area contributed by atoms with Gasteiger partial charge in [-0.25, -0.2) is 4.98 Å². The number of carbonyl (C=O) groups excluding carboxylic acids is 1. The molecule has 28 heavy (non-hydrogen) atoms. The highest BCUT2D eigenvalue weighted by Gasteiger charge is 2.29. The maximum atomic E-state index is 13.1. The number of likely N-dealkylation sites (tertiary alicyclic amines) is 1. The topological polar surface area (TPSA) is 55.2 Å². The highest BCUT2D eigenvalue weighted by molar-refractivity contribution is 7.22. The van der Waals surface area contributed by atoms with Crippen molar-refractivity contribution >= 4 is 27.5 Å². The Bertz CT molecular complexity index is 1060. The van der Waals surface area contributed by atoms with E-state index in [0.717, 1.165) is 40.1 Å². The minimum Gasteiger partial charge on any atom is -0.336 e. The zero-order valence-electron chi connectivity index (χ0n) is 16.5. The molecule has 1 aliphatic rings. The zero-order chi connectivity index (χ0) is 19.8. The second-order valence-corrected chi connectivity index (χ2v) is 8.71. The van der Waals surface area contributed by atoms with Gasteiger partial charge in [-0.05, 0) is 51.2 Å². The van der Waals surface area contributed by atoms with Gasteiger partial charge in [-0.15, -0.1) is 11.3 Å². The average molecular weight is 396 g/mol. The summed E-state index contributed by atoms with van der Waals surface area (Å²) in [6.07, 6.45) is 4.71. The SMILES string of the molecule is Cc1c(-c2ccccc2)sc2ncn(CC(=O)N3[C@H](C)CCC[C@@H]3C)c(=O)c12. The van der Waals surface area contributed by atoms with Gasteiger partial charge in [0.2, 0.25) is 5.91 Å². The zero-order valence-corrected chi connectivity index (χ0v) is 17.3. The van der Waals surface area contributed by atoms with Crippen molar-refractivity contribution in [2.24, 2.45) is 0 Å². The Hall–Kier alpha value is -2.47. The number of benzene rings is 1. The number of piperidine rings is 1. The minimum absolute atomic E-state index is 0.000819. The first-order valence-electron chi connectivity index (χ1n) is 9.82. The molecule has 3 heterocycles. The summed E-state index contributed by atoms with van der Waals surface area (Å²) >= 11 is 1.53. The predicted molar refractivity (Wildman–Crippen MR) is 114 cm³/mol. The molecule has 2 aromatic heterocycles. The Morgan fingerprint density at radius 2 is 1.86 bits per heavy atom. The standard InChI is InChI=1S/C22H25N3O2S/c1-14-8-7-9-15(2)25(14)18(26)12-24-13-23-21-19(22(24)27)16(3)20(28-21)17-10-5-4-6-11-17/h4-6,10-11,13-15H,7-9,12H2,1-3H3/t14-,15+. The number of hydrogen-bond donors (Lipinski definition) is 0. The molecule has 3 aromatic rings. The Balaban J connectivity index is 1.69. The van der Waals surface area contributed by atoms with Crippen molar-refractivity contribution in [1.82, 2.24) is 14.5 Å². The van der Waals surface area contributed by atoms with Crippen LogP contribution in [0, 0.1) is 6.92 Å². The lowest BCUT2D eigenvalue weighted by Crippen LogP contribution is -2.49. The van der Waals surface area contributed by atoms with Crippen molar-refractivity contribution < 1.29 is 4.79 Å². The van der Waals surface area contributed by atoms with E-state index in [4.69, 9.17) is 0 Å². The van der Waals surface area contributed by atoms with Crippen LogP contribution >= 0.6 is 11.3 Å².